The van der Waals surface area contributed by atoms with Crippen LogP contribution in [-0.4, -0.2) is 5.78 Å². The van der Waals surface area contributed by atoms with Crippen molar-refractivity contribution in [3.63, 3.8) is 0 Å². The molecule has 1 rings (SSSR count). The summed E-state index contributed by atoms with van der Waals surface area (Å²) in [5.41, 5.74) is -0.0616. The third-order valence-electron chi connectivity index (χ3n) is 1.87. The van der Waals surface area contributed by atoms with Crippen LogP contribution in [0.5, 0.6) is 0 Å². The Labute approximate surface area is 56.4 Å². The first kappa shape index (κ1) is 6.66. The van der Waals surface area contributed by atoms with Gasteiger partial charge in [0.05, 0.1) is 0 Å². The minimum Gasteiger partial charge on any atom is -0.300 e. The Bertz CT molecular complexity index is 113. The van der Waals surface area contributed by atoms with E-state index in [0.29, 0.717) is 18.6 Å². The van der Waals surface area contributed by atoms with Crippen molar-refractivity contribution in [2.45, 2.75) is 25.7 Å². The smallest absolute Gasteiger partial charge is 0.133 e. The Morgan fingerprint density at radius 2 is 1.89 bits per heavy atom. The van der Waals surface area contributed by atoms with Gasteiger partial charge in [0, 0.05) is 19.8 Å². The van der Waals surface area contributed by atoms with Crippen molar-refractivity contribution in [2.24, 2.45) is 5.41 Å². The zero-order chi connectivity index (χ0) is 6.91. The third kappa shape index (κ3) is 1.74. The van der Waals surface area contributed by atoms with Gasteiger partial charge in [0.1, 0.15) is 5.78 Å². The summed E-state index contributed by atoms with van der Waals surface area (Å²) in [6, 6.07) is 0. The number of carbonyl (C=O) groups excluding carboxylic acids is 1. The maximum atomic E-state index is 10.7. The fourth-order valence-corrected chi connectivity index (χ4v) is 1.06. The molecule has 0 heterocycles. The van der Waals surface area contributed by atoms with E-state index in [-0.39, 0.29) is 5.41 Å². The van der Waals surface area contributed by atoms with Crippen molar-refractivity contribution in [1.82, 2.24) is 0 Å². The summed E-state index contributed by atoms with van der Waals surface area (Å²) >= 11 is 0. The molecule has 1 heteroatoms. The van der Waals surface area contributed by atoms with E-state index in [9.17, 15) is 4.79 Å². The van der Waals surface area contributed by atoms with E-state index < -0.39 is 0 Å². The molecule has 1 aliphatic rings. The summed E-state index contributed by atoms with van der Waals surface area (Å²) in [5, 5.41) is 0. The molecular formula is C8H12O. The largest absolute Gasteiger partial charge is 0.300 e. The summed E-state index contributed by atoms with van der Waals surface area (Å²) in [6.45, 7) is 7.80. The first-order valence-corrected chi connectivity index (χ1v) is 3.33. The van der Waals surface area contributed by atoms with Crippen LogP contribution < -0.4 is 0 Å². The van der Waals surface area contributed by atoms with Crippen molar-refractivity contribution in [3.05, 3.63) is 13.8 Å². The number of carbonyl (C=O) groups is 1. The molecule has 0 radical (unpaired) electrons. The van der Waals surface area contributed by atoms with Crippen LogP contribution in [0, 0.1) is 19.3 Å². The maximum Gasteiger partial charge on any atom is 0.133 e. The van der Waals surface area contributed by atoms with Crippen LogP contribution in [0.15, 0.2) is 0 Å². The Balaban J connectivity index is 2.44. The lowest BCUT2D eigenvalue weighted by Crippen LogP contribution is -2.21. The number of hydrogen-bond acceptors (Lipinski definition) is 1. The second-order valence-electron chi connectivity index (χ2n) is 3.04. The second kappa shape index (κ2) is 2.05. The topological polar surface area (TPSA) is 17.1 Å². The molecule has 0 aromatic carbocycles. The summed E-state index contributed by atoms with van der Waals surface area (Å²) < 4.78 is 0. The maximum absolute atomic E-state index is 10.7. The van der Waals surface area contributed by atoms with E-state index in [1.165, 1.54) is 0 Å². The van der Waals surface area contributed by atoms with E-state index in [4.69, 9.17) is 0 Å². The van der Waals surface area contributed by atoms with E-state index in [2.05, 4.69) is 13.8 Å². The highest BCUT2D eigenvalue weighted by molar-refractivity contribution is 5.79. The van der Waals surface area contributed by atoms with Gasteiger partial charge in [-0.15, -0.1) is 0 Å². The van der Waals surface area contributed by atoms with Gasteiger partial charge in [-0.3, -0.25) is 11.7 Å². The predicted octanol–water partition coefficient (Wildman–Crippen LogP) is 1.78. The summed E-state index contributed by atoms with van der Waals surface area (Å²) in [5.74, 6) is 0.373. The normalized spacial score (nSPS) is 26.1. The van der Waals surface area contributed by atoms with Gasteiger partial charge in [-0.05, 0) is 18.3 Å². The van der Waals surface area contributed by atoms with Gasteiger partial charge in [-0.1, -0.05) is 0 Å². The molecule has 0 spiro atoms. The van der Waals surface area contributed by atoms with Crippen LogP contribution >= 0.6 is 0 Å². The summed E-state index contributed by atoms with van der Waals surface area (Å²) in [4.78, 5) is 10.7. The molecule has 0 atom stereocenters. The molecule has 0 unspecified atom stereocenters. The standard InChI is InChI=1S/C8H12O/c1-8(2)5-3-7(9)4-6-8/h1-6H2. The third-order valence-corrected chi connectivity index (χ3v) is 1.87. The van der Waals surface area contributed by atoms with Crippen LogP contribution in [-0.2, 0) is 4.79 Å². The van der Waals surface area contributed by atoms with Crippen molar-refractivity contribution >= 4 is 5.78 Å². The lowest BCUT2D eigenvalue weighted by atomic mass is 9.77. The molecule has 50 valence electrons. The highest BCUT2D eigenvalue weighted by atomic mass is 16.1. The average Bonchev–Trinajstić information content (AvgIpc) is 1.78. The molecule has 0 amide bonds. The van der Waals surface area contributed by atoms with Crippen molar-refractivity contribution < 1.29 is 4.79 Å². The first-order valence-electron chi connectivity index (χ1n) is 3.33. The lowest BCUT2D eigenvalue weighted by molar-refractivity contribution is -0.121. The Hall–Kier alpha value is -0.460. The Morgan fingerprint density at radius 1 is 1.44 bits per heavy atom. The molecule has 0 aliphatic heterocycles. The SMILES string of the molecule is [CH2+]C1([CH2-])CCC(=O)CC1. The zero-order valence-electron chi connectivity index (χ0n) is 5.65. The Kier molecular flexibility index (Phi) is 1.52. The fourth-order valence-electron chi connectivity index (χ4n) is 1.06. The molecule has 1 fully saturated rings. The number of Topliss-reactive ketones (excluding diaryl/α,β-unsaturated/α-hetero) is 1. The molecule has 0 saturated heterocycles. The van der Waals surface area contributed by atoms with Gasteiger partial charge < -0.3 is 0 Å². The second-order valence-corrected chi connectivity index (χ2v) is 3.04. The van der Waals surface area contributed by atoms with Gasteiger partial charge in [-0.25, -0.2) is 0 Å². The quantitative estimate of drug-likeness (QED) is 0.450. The van der Waals surface area contributed by atoms with E-state index in [1.54, 1.807) is 0 Å². The van der Waals surface area contributed by atoms with Crippen molar-refractivity contribution in [3.8, 4) is 0 Å². The zero-order valence-corrected chi connectivity index (χ0v) is 5.65. The number of rotatable bonds is 0. The average molecular weight is 124 g/mol. The molecule has 0 N–H and O–H groups in total. The van der Waals surface area contributed by atoms with Crippen LogP contribution in [0.1, 0.15) is 25.7 Å². The molecule has 1 nitrogen and oxygen atoms in total. The molecule has 1 aliphatic carbocycles. The minimum atomic E-state index is -0.0616. The van der Waals surface area contributed by atoms with Gasteiger partial charge in [0.2, 0.25) is 0 Å². The predicted molar refractivity (Wildman–Crippen MR) is 36.6 cm³/mol. The van der Waals surface area contributed by atoms with Gasteiger partial charge in [-0.2, -0.15) is 0 Å². The Morgan fingerprint density at radius 3 is 2.22 bits per heavy atom. The highest BCUT2D eigenvalue weighted by Gasteiger charge is 2.24. The molecular weight excluding hydrogens is 112 g/mol. The van der Waals surface area contributed by atoms with E-state index >= 15 is 0 Å². The molecule has 0 aromatic heterocycles. The van der Waals surface area contributed by atoms with Crippen LogP contribution in [0.4, 0.5) is 0 Å². The molecule has 0 bridgehead atoms. The van der Waals surface area contributed by atoms with Gasteiger partial charge in [0.25, 0.3) is 0 Å². The lowest BCUT2D eigenvalue weighted by Gasteiger charge is -2.27. The highest BCUT2D eigenvalue weighted by Crippen LogP contribution is 2.32. The molecule has 1 saturated carbocycles. The van der Waals surface area contributed by atoms with Gasteiger partial charge >= 0.3 is 0 Å². The molecule has 0 aromatic rings. The molecule has 9 heavy (non-hydrogen) atoms. The van der Waals surface area contributed by atoms with E-state index in [1.807, 2.05) is 0 Å². The number of hydrogen-bond donors (Lipinski definition) is 0. The fraction of sp³-hybridized carbons (Fsp3) is 0.625. The number of ketones is 1. The minimum absolute atomic E-state index is 0.0616. The van der Waals surface area contributed by atoms with Gasteiger partial charge in [0.15, 0.2) is 0 Å². The summed E-state index contributed by atoms with van der Waals surface area (Å²) in [6.07, 6.45) is 3.11. The van der Waals surface area contributed by atoms with Crippen molar-refractivity contribution in [1.29, 1.82) is 0 Å². The summed E-state index contributed by atoms with van der Waals surface area (Å²) in [7, 11) is 0. The van der Waals surface area contributed by atoms with Crippen molar-refractivity contribution in [2.75, 3.05) is 0 Å². The van der Waals surface area contributed by atoms with Crippen LogP contribution in [0.2, 0.25) is 0 Å². The van der Waals surface area contributed by atoms with Crippen LogP contribution in [0.3, 0.4) is 0 Å². The van der Waals surface area contributed by atoms with E-state index in [0.717, 1.165) is 12.8 Å². The first-order chi connectivity index (χ1) is 4.10. The van der Waals surface area contributed by atoms with Crippen LogP contribution in [0.25, 0.3) is 0 Å². The monoisotopic (exact) mass is 124 g/mol.